The third kappa shape index (κ3) is 5.94. The van der Waals surface area contributed by atoms with Crippen molar-refractivity contribution in [2.24, 2.45) is 5.10 Å². The van der Waals surface area contributed by atoms with Crippen molar-refractivity contribution in [3.63, 3.8) is 0 Å². The van der Waals surface area contributed by atoms with Crippen LogP contribution in [0.1, 0.15) is 15.2 Å². The zero-order chi connectivity index (χ0) is 19.8. The quantitative estimate of drug-likeness (QED) is 0.273. The molecule has 1 heterocycles. The zero-order valence-corrected chi connectivity index (χ0v) is 16.1. The van der Waals surface area contributed by atoms with Gasteiger partial charge in [0.15, 0.2) is 6.61 Å². The molecule has 0 saturated heterocycles. The van der Waals surface area contributed by atoms with Gasteiger partial charge in [0.05, 0.1) is 6.21 Å². The van der Waals surface area contributed by atoms with Crippen LogP contribution >= 0.6 is 22.9 Å². The molecule has 0 bridgehead atoms. The summed E-state index contributed by atoms with van der Waals surface area (Å²) >= 11 is 7.10. The van der Waals surface area contributed by atoms with Crippen molar-refractivity contribution >= 4 is 41.0 Å². The topological polar surface area (TPSA) is 77.0 Å². The van der Waals surface area contributed by atoms with Gasteiger partial charge in [0.2, 0.25) is 0 Å². The summed E-state index contributed by atoms with van der Waals surface area (Å²) in [5.74, 6) is 0.171. The maximum absolute atomic E-state index is 11.9. The summed E-state index contributed by atoms with van der Waals surface area (Å²) in [6, 6.07) is 16.9. The molecule has 0 spiro atoms. The van der Waals surface area contributed by atoms with Crippen LogP contribution in [0.2, 0.25) is 5.02 Å². The fourth-order valence-electron chi connectivity index (χ4n) is 2.06. The standard InChI is InChI=1S/C20H15ClN2O4S/c21-15-5-9-16(10-6-15)26-13-19(24)23-22-12-14-3-7-17(8-4-14)27-20(25)18-2-1-11-28-18/h1-12H,13H2,(H,23,24). The third-order valence-electron chi connectivity index (χ3n) is 3.40. The van der Waals surface area contributed by atoms with Crippen molar-refractivity contribution in [2.45, 2.75) is 0 Å². The van der Waals surface area contributed by atoms with Gasteiger partial charge in [0.25, 0.3) is 5.91 Å². The lowest BCUT2D eigenvalue weighted by atomic mass is 10.2. The maximum Gasteiger partial charge on any atom is 0.353 e. The molecule has 3 aromatic rings. The Hall–Kier alpha value is -3.16. The SMILES string of the molecule is O=C(COc1ccc(Cl)cc1)NN=Cc1ccc(OC(=O)c2cccs2)cc1. The van der Waals surface area contributed by atoms with Crippen LogP contribution in [0.3, 0.4) is 0 Å². The Bertz CT molecular complexity index is 955. The monoisotopic (exact) mass is 414 g/mol. The normalized spacial score (nSPS) is 10.6. The molecule has 1 N–H and O–H groups in total. The first-order chi connectivity index (χ1) is 13.6. The number of thiophene rings is 1. The van der Waals surface area contributed by atoms with Gasteiger partial charge in [-0.05, 0) is 65.5 Å². The molecule has 0 unspecified atom stereocenters. The highest BCUT2D eigenvalue weighted by Crippen LogP contribution is 2.16. The molecule has 0 radical (unpaired) electrons. The van der Waals surface area contributed by atoms with E-state index in [4.69, 9.17) is 21.1 Å². The molecular formula is C20H15ClN2O4S. The lowest BCUT2D eigenvalue weighted by Gasteiger charge is -2.05. The molecule has 0 aliphatic rings. The number of hydrazone groups is 1. The Labute approximate surface area is 170 Å². The second-order valence-electron chi connectivity index (χ2n) is 5.47. The van der Waals surface area contributed by atoms with Gasteiger partial charge in [-0.25, -0.2) is 10.2 Å². The predicted octanol–water partition coefficient (Wildman–Crippen LogP) is 4.15. The highest BCUT2D eigenvalue weighted by atomic mass is 35.5. The summed E-state index contributed by atoms with van der Waals surface area (Å²) in [6.45, 7) is -0.170. The second kappa shape index (κ2) is 9.68. The molecule has 1 amide bonds. The van der Waals surface area contributed by atoms with Crippen LogP contribution in [-0.4, -0.2) is 24.7 Å². The van der Waals surface area contributed by atoms with E-state index in [1.165, 1.54) is 17.6 Å². The summed E-state index contributed by atoms with van der Waals surface area (Å²) in [7, 11) is 0. The number of benzene rings is 2. The minimum atomic E-state index is -0.399. The van der Waals surface area contributed by atoms with Crippen molar-refractivity contribution in [1.82, 2.24) is 5.43 Å². The molecule has 3 rings (SSSR count). The van der Waals surface area contributed by atoms with Gasteiger partial charge in [-0.2, -0.15) is 5.10 Å². The predicted molar refractivity (Wildman–Crippen MR) is 108 cm³/mol. The van der Waals surface area contributed by atoms with Crippen LogP contribution in [-0.2, 0) is 4.79 Å². The Kier molecular flexibility index (Phi) is 6.78. The van der Waals surface area contributed by atoms with Crippen LogP contribution in [0.15, 0.2) is 71.1 Å². The summed E-state index contributed by atoms with van der Waals surface area (Å²) < 4.78 is 10.6. The first-order valence-corrected chi connectivity index (χ1v) is 9.42. The average molecular weight is 415 g/mol. The Balaban J connectivity index is 1.44. The average Bonchev–Trinajstić information content (AvgIpc) is 3.24. The van der Waals surface area contributed by atoms with E-state index in [0.717, 1.165) is 5.56 Å². The number of hydrogen-bond donors (Lipinski definition) is 1. The second-order valence-corrected chi connectivity index (χ2v) is 6.86. The van der Waals surface area contributed by atoms with Gasteiger partial charge in [-0.1, -0.05) is 17.7 Å². The number of rotatable bonds is 7. The molecule has 0 aliphatic heterocycles. The molecule has 28 heavy (non-hydrogen) atoms. The van der Waals surface area contributed by atoms with Crippen LogP contribution in [0.5, 0.6) is 11.5 Å². The third-order valence-corrected chi connectivity index (χ3v) is 4.50. The molecule has 0 aliphatic carbocycles. The Morgan fingerprint density at radius 1 is 1.04 bits per heavy atom. The summed E-state index contributed by atoms with van der Waals surface area (Å²) in [4.78, 5) is 24.1. The van der Waals surface area contributed by atoms with Crippen molar-refractivity contribution in [3.05, 3.63) is 81.5 Å². The molecule has 8 heteroatoms. The highest BCUT2D eigenvalue weighted by Gasteiger charge is 2.09. The minimum Gasteiger partial charge on any atom is -0.484 e. The van der Waals surface area contributed by atoms with E-state index in [1.807, 2.05) is 5.38 Å². The Morgan fingerprint density at radius 2 is 1.75 bits per heavy atom. The minimum absolute atomic E-state index is 0.170. The number of amides is 1. The lowest BCUT2D eigenvalue weighted by Crippen LogP contribution is -2.24. The van der Waals surface area contributed by atoms with Gasteiger partial charge in [0, 0.05) is 5.02 Å². The Morgan fingerprint density at radius 3 is 2.43 bits per heavy atom. The van der Waals surface area contributed by atoms with Crippen LogP contribution in [0.4, 0.5) is 0 Å². The molecule has 0 saturated carbocycles. The number of nitrogens with zero attached hydrogens (tertiary/aromatic N) is 1. The number of ether oxygens (including phenoxy) is 2. The lowest BCUT2D eigenvalue weighted by molar-refractivity contribution is -0.123. The van der Waals surface area contributed by atoms with Gasteiger partial charge in [0.1, 0.15) is 16.4 Å². The molecule has 0 atom stereocenters. The van der Waals surface area contributed by atoms with Gasteiger partial charge < -0.3 is 9.47 Å². The summed E-state index contributed by atoms with van der Waals surface area (Å²) in [5.41, 5.74) is 3.10. The van der Waals surface area contributed by atoms with Crippen molar-refractivity contribution in [3.8, 4) is 11.5 Å². The van der Waals surface area contributed by atoms with E-state index in [-0.39, 0.29) is 6.61 Å². The van der Waals surface area contributed by atoms with E-state index in [0.29, 0.717) is 21.4 Å². The molecule has 2 aromatic carbocycles. The number of carbonyl (C=O) groups is 2. The smallest absolute Gasteiger partial charge is 0.353 e. The molecule has 6 nitrogen and oxygen atoms in total. The number of nitrogens with one attached hydrogen (secondary N) is 1. The number of halogens is 1. The van der Waals surface area contributed by atoms with Crippen LogP contribution in [0.25, 0.3) is 0 Å². The maximum atomic E-state index is 11.9. The van der Waals surface area contributed by atoms with E-state index < -0.39 is 11.9 Å². The van der Waals surface area contributed by atoms with Gasteiger partial charge in [-0.3, -0.25) is 4.79 Å². The number of hydrogen-bond acceptors (Lipinski definition) is 6. The van der Waals surface area contributed by atoms with Crippen molar-refractivity contribution in [2.75, 3.05) is 6.61 Å². The van der Waals surface area contributed by atoms with Crippen molar-refractivity contribution in [1.29, 1.82) is 0 Å². The summed E-state index contributed by atoms with van der Waals surface area (Å²) in [6.07, 6.45) is 1.48. The van der Waals surface area contributed by atoms with E-state index >= 15 is 0 Å². The fraction of sp³-hybridized carbons (Fsp3) is 0.0500. The largest absolute Gasteiger partial charge is 0.484 e. The van der Waals surface area contributed by atoms with Crippen LogP contribution < -0.4 is 14.9 Å². The fourth-order valence-corrected chi connectivity index (χ4v) is 2.79. The molecular weight excluding hydrogens is 400 g/mol. The van der Waals surface area contributed by atoms with E-state index in [9.17, 15) is 9.59 Å². The number of esters is 1. The first-order valence-electron chi connectivity index (χ1n) is 8.16. The summed E-state index contributed by atoms with van der Waals surface area (Å²) in [5, 5.41) is 6.27. The highest BCUT2D eigenvalue weighted by molar-refractivity contribution is 7.12. The van der Waals surface area contributed by atoms with E-state index in [2.05, 4.69) is 10.5 Å². The van der Waals surface area contributed by atoms with Gasteiger partial charge >= 0.3 is 5.97 Å². The van der Waals surface area contributed by atoms with E-state index in [1.54, 1.807) is 60.7 Å². The first kappa shape index (κ1) is 19.6. The molecule has 0 fully saturated rings. The van der Waals surface area contributed by atoms with Crippen molar-refractivity contribution < 1.29 is 19.1 Å². The van der Waals surface area contributed by atoms with Gasteiger partial charge in [-0.15, -0.1) is 11.3 Å². The molecule has 142 valence electrons. The van der Waals surface area contributed by atoms with Crippen LogP contribution in [0, 0.1) is 0 Å². The number of carbonyl (C=O) groups excluding carboxylic acids is 2. The zero-order valence-electron chi connectivity index (χ0n) is 14.5. The molecule has 1 aromatic heterocycles.